The molecule has 9 heteroatoms. The summed E-state index contributed by atoms with van der Waals surface area (Å²) >= 11 is 6.06. The van der Waals surface area contributed by atoms with Crippen LogP contribution in [0.1, 0.15) is 48.9 Å². The van der Waals surface area contributed by atoms with Crippen LogP contribution in [0.15, 0.2) is 71.6 Å². The fraction of sp³-hybridized carbons (Fsp3) is 0.355. The Kier molecular flexibility index (Phi) is 10.8. The van der Waals surface area contributed by atoms with Crippen molar-refractivity contribution < 1.29 is 18.0 Å². The van der Waals surface area contributed by atoms with Crippen molar-refractivity contribution in [3.8, 4) is 0 Å². The molecule has 1 N–H and O–H groups in total. The molecule has 0 saturated carbocycles. The quantitative estimate of drug-likeness (QED) is 0.273. The number of halogens is 1. The third-order valence-electron chi connectivity index (χ3n) is 6.77. The highest BCUT2D eigenvalue weighted by atomic mass is 35.5. The minimum absolute atomic E-state index is 0.0838. The summed E-state index contributed by atoms with van der Waals surface area (Å²) in [7, 11) is -4.11. The van der Waals surface area contributed by atoms with Gasteiger partial charge in [0.15, 0.2) is 0 Å². The van der Waals surface area contributed by atoms with E-state index in [0.717, 1.165) is 39.4 Å². The molecule has 3 rings (SSSR count). The smallest absolute Gasteiger partial charge is 0.264 e. The van der Waals surface area contributed by atoms with E-state index in [9.17, 15) is 18.0 Å². The largest absolute Gasteiger partial charge is 0.354 e. The Morgan fingerprint density at radius 1 is 0.925 bits per heavy atom. The second-order valence-electron chi connectivity index (χ2n) is 10.1. The molecule has 0 saturated heterocycles. The molecule has 0 radical (unpaired) electrons. The zero-order valence-corrected chi connectivity index (χ0v) is 25.3. The molecule has 0 bridgehead atoms. The lowest BCUT2D eigenvalue weighted by Crippen LogP contribution is -2.51. The zero-order valence-electron chi connectivity index (χ0n) is 23.8. The Morgan fingerprint density at radius 2 is 1.55 bits per heavy atom. The predicted octanol–water partition coefficient (Wildman–Crippen LogP) is 5.79. The first-order valence-corrected chi connectivity index (χ1v) is 15.2. The average Bonchev–Trinajstić information content (AvgIpc) is 2.91. The number of nitrogens with zero attached hydrogens (tertiary/aromatic N) is 2. The normalized spacial score (nSPS) is 12.1. The molecule has 0 aliphatic carbocycles. The van der Waals surface area contributed by atoms with Gasteiger partial charge in [-0.3, -0.25) is 13.9 Å². The van der Waals surface area contributed by atoms with Crippen molar-refractivity contribution in [2.24, 2.45) is 0 Å². The molecule has 0 aromatic heterocycles. The number of hydrogen-bond donors (Lipinski definition) is 1. The lowest BCUT2D eigenvalue weighted by molar-refractivity contribution is -0.139. The second kappa shape index (κ2) is 13.8. The van der Waals surface area contributed by atoms with Gasteiger partial charge in [-0.05, 0) is 75.6 Å². The van der Waals surface area contributed by atoms with Crippen LogP contribution in [-0.4, -0.2) is 44.3 Å². The molecule has 0 aliphatic rings. The minimum Gasteiger partial charge on any atom is -0.354 e. The van der Waals surface area contributed by atoms with E-state index in [-0.39, 0.29) is 17.3 Å². The second-order valence-corrected chi connectivity index (χ2v) is 12.4. The highest BCUT2D eigenvalue weighted by Gasteiger charge is 2.33. The number of benzene rings is 3. The first kappa shape index (κ1) is 31.2. The van der Waals surface area contributed by atoms with Crippen molar-refractivity contribution in [1.29, 1.82) is 0 Å². The van der Waals surface area contributed by atoms with Crippen LogP contribution in [0.25, 0.3) is 0 Å². The van der Waals surface area contributed by atoms with E-state index in [1.807, 2.05) is 39.8 Å². The molecule has 0 heterocycles. The van der Waals surface area contributed by atoms with E-state index in [0.29, 0.717) is 17.3 Å². The summed E-state index contributed by atoms with van der Waals surface area (Å²) in [5, 5.41) is 3.44. The van der Waals surface area contributed by atoms with Gasteiger partial charge < -0.3 is 10.2 Å². The van der Waals surface area contributed by atoms with Crippen molar-refractivity contribution in [2.75, 3.05) is 17.4 Å². The number of carbonyl (C=O) groups excluding carboxylic acids is 2. The molecule has 3 aromatic rings. The molecule has 40 heavy (non-hydrogen) atoms. The summed E-state index contributed by atoms with van der Waals surface area (Å²) in [4.78, 5) is 28.6. The molecule has 0 aliphatic heterocycles. The Labute approximate surface area is 243 Å². The maximum Gasteiger partial charge on any atom is 0.264 e. The number of nitrogens with one attached hydrogen (secondary N) is 1. The molecular formula is C31H38ClN3O4S. The Morgan fingerprint density at radius 3 is 2.15 bits per heavy atom. The van der Waals surface area contributed by atoms with Crippen LogP contribution in [0.3, 0.4) is 0 Å². The van der Waals surface area contributed by atoms with Gasteiger partial charge in [-0.1, -0.05) is 72.5 Å². The number of aryl methyl sites for hydroxylation is 3. The number of hydrogen-bond acceptors (Lipinski definition) is 4. The molecule has 1 atom stereocenters. The van der Waals surface area contributed by atoms with E-state index < -0.39 is 28.5 Å². The topological polar surface area (TPSA) is 86.8 Å². The Balaban J connectivity index is 2.03. The summed E-state index contributed by atoms with van der Waals surface area (Å²) in [5.41, 5.74) is 3.79. The van der Waals surface area contributed by atoms with Gasteiger partial charge in [0.05, 0.1) is 10.6 Å². The highest BCUT2D eigenvalue weighted by Crippen LogP contribution is 2.28. The highest BCUT2D eigenvalue weighted by molar-refractivity contribution is 7.92. The third kappa shape index (κ3) is 7.86. The molecule has 0 spiro atoms. The van der Waals surface area contributed by atoms with Gasteiger partial charge in [0.1, 0.15) is 12.6 Å². The van der Waals surface area contributed by atoms with E-state index >= 15 is 0 Å². The van der Waals surface area contributed by atoms with Crippen LogP contribution >= 0.6 is 11.6 Å². The Hall–Kier alpha value is -3.36. The van der Waals surface area contributed by atoms with Crippen LogP contribution < -0.4 is 9.62 Å². The maximum absolute atomic E-state index is 14.0. The number of carbonyl (C=O) groups is 2. The van der Waals surface area contributed by atoms with Crippen molar-refractivity contribution >= 4 is 39.1 Å². The first-order valence-electron chi connectivity index (χ1n) is 13.4. The monoisotopic (exact) mass is 583 g/mol. The van der Waals surface area contributed by atoms with Gasteiger partial charge in [0.25, 0.3) is 10.0 Å². The summed E-state index contributed by atoms with van der Waals surface area (Å²) < 4.78 is 29.1. The number of sulfonamides is 1. The minimum atomic E-state index is -4.11. The number of unbranched alkanes of at least 4 members (excludes halogenated alkanes) is 1. The number of rotatable bonds is 12. The summed E-state index contributed by atoms with van der Waals surface area (Å²) in [6.07, 6.45) is 1.74. The van der Waals surface area contributed by atoms with Gasteiger partial charge in [-0.15, -0.1) is 0 Å². The molecule has 7 nitrogen and oxygen atoms in total. The van der Waals surface area contributed by atoms with E-state index in [1.54, 1.807) is 61.5 Å². The molecule has 214 valence electrons. The van der Waals surface area contributed by atoms with Crippen LogP contribution in [0.2, 0.25) is 5.02 Å². The van der Waals surface area contributed by atoms with Crippen molar-refractivity contribution in [2.45, 2.75) is 64.9 Å². The van der Waals surface area contributed by atoms with Crippen LogP contribution in [0.4, 0.5) is 5.69 Å². The molecule has 3 aromatic carbocycles. The van der Waals surface area contributed by atoms with Crippen molar-refractivity contribution in [3.63, 3.8) is 0 Å². The molecule has 0 fully saturated rings. The summed E-state index contributed by atoms with van der Waals surface area (Å²) in [6.45, 7) is 9.45. The van der Waals surface area contributed by atoms with E-state index in [2.05, 4.69) is 5.32 Å². The van der Waals surface area contributed by atoms with Crippen LogP contribution in [0, 0.1) is 20.8 Å². The lowest BCUT2D eigenvalue weighted by Gasteiger charge is -2.32. The molecular weight excluding hydrogens is 546 g/mol. The molecule has 1 unspecified atom stereocenters. The van der Waals surface area contributed by atoms with Crippen molar-refractivity contribution in [3.05, 3.63) is 94.0 Å². The lowest BCUT2D eigenvalue weighted by atomic mass is 10.1. The van der Waals surface area contributed by atoms with Gasteiger partial charge >= 0.3 is 0 Å². The van der Waals surface area contributed by atoms with Gasteiger partial charge in [0.2, 0.25) is 11.8 Å². The standard InChI is InChI=1S/C31H38ClN3O4S/c1-6-7-18-33-31(37)25(5)34(20-26-11-13-27(32)14-12-26)30(36)21-35(29-17-10-23(3)19-24(29)4)40(38,39)28-15-8-22(2)9-16-28/h8-17,19,25H,6-7,18,20-21H2,1-5H3,(H,33,37). The number of amides is 2. The summed E-state index contributed by atoms with van der Waals surface area (Å²) in [5.74, 6) is -0.793. The average molecular weight is 584 g/mol. The first-order chi connectivity index (χ1) is 18.9. The molecule has 2 amide bonds. The fourth-order valence-electron chi connectivity index (χ4n) is 4.34. The van der Waals surface area contributed by atoms with E-state index in [4.69, 9.17) is 11.6 Å². The van der Waals surface area contributed by atoms with Gasteiger partial charge in [-0.25, -0.2) is 8.42 Å². The van der Waals surface area contributed by atoms with Crippen molar-refractivity contribution in [1.82, 2.24) is 10.2 Å². The predicted molar refractivity (Wildman–Crippen MR) is 161 cm³/mol. The van der Waals surface area contributed by atoms with Crippen LogP contribution in [0.5, 0.6) is 0 Å². The zero-order chi connectivity index (χ0) is 29.4. The van der Waals surface area contributed by atoms with Gasteiger partial charge in [0, 0.05) is 18.1 Å². The maximum atomic E-state index is 14.0. The van der Waals surface area contributed by atoms with E-state index in [1.165, 1.54) is 4.90 Å². The third-order valence-corrected chi connectivity index (χ3v) is 8.80. The SMILES string of the molecule is CCCCNC(=O)C(C)N(Cc1ccc(Cl)cc1)C(=O)CN(c1ccc(C)cc1C)S(=O)(=O)c1ccc(C)cc1. The van der Waals surface area contributed by atoms with Gasteiger partial charge in [-0.2, -0.15) is 0 Å². The fourth-order valence-corrected chi connectivity index (χ4v) is 5.95. The summed E-state index contributed by atoms with van der Waals surface area (Å²) in [6, 6.07) is 18.1. The number of anilines is 1. The Bertz CT molecular complexity index is 1420. The van der Waals surface area contributed by atoms with Crippen LogP contribution in [-0.2, 0) is 26.2 Å².